The maximum absolute atomic E-state index is 11.7. The van der Waals surface area contributed by atoms with Gasteiger partial charge in [-0.1, -0.05) is 0 Å². The Morgan fingerprint density at radius 2 is 1.94 bits per heavy atom. The number of aryl methyl sites for hydroxylation is 1. The zero-order valence-electron chi connectivity index (χ0n) is 9.21. The molecule has 0 amide bonds. The van der Waals surface area contributed by atoms with Crippen LogP contribution in [0.25, 0.3) is 0 Å². The predicted molar refractivity (Wildman–Crippen MR) is 60.3 cm³/mol. The van der Waals surface area contributed by atoms with Gasteiger partial charge in [-0.2, -0.15) is 0 Å². The lowest BCUT2D eigenvalue weighted by Gasteiger charge is -2.06. The molecule has 0 radical (unpaired) electrons. The molecule has 0 aliphatic rings. The van der Waals surface area contributed by atoms with Crippen LogP contribution in [0.5, 0.6) is 0 Å². The molecule has 0 fully saturated rings. The van der Waals surface area contributed by atoms with Crippen LogP contribution in [0.4, 0.5) is 0 Å². The van der Waals surface area contributed by atoms with Gasteiger partial charge in [0.15, 0.2) is 0 Å². The van der Waals surface area contributed by atoms with Gasteiger partial charge in [-0.25, -0.2) is 13.2 Å². The summed E-state index contributed by atoms with van der Waals surface area (Å²) in [6.45, 7) is 2.11. The van der Waals surface area contributed by atoms with E-state index in [1.807, 2.05) is 0 Å². The fourth-order valence-electron chi connectivity index (χ4n) is 1.26. The normalized spacial score (nSPS) is 11.6. The van der Waals surface area contributed by atoms with Crippen molar-refractivity contribution in [3.8, 4) is 0 Å². The summed E-state index contributed by atoms with van der Waals surface area (Å²) < 4.78 is 24.2. The smallest absolute Gasteiger partial charge is 0.301 e. The Kier molecular flexibility index (Phi) is 3.69. The zero-order valence-corrected chi connectivity index (χ0v) is 10.0. The molecule has 1 aromatic heterocycles. The lowest BCUT2D eigenvalue weighted by molar-refractivity contribution is 0.569. The zero-order chi connectivity index (χ0) is 12.3. The van der Waals surface area contributed by atoms with Crippen LogP contribution in [0.15, 0.2) is 21.9 Å². The SMILES string of the molecule is CCn1ccc(=O)n(CCS(C)(=O)=O)c1=O. The maximum Gasteiger partial charge on any atom is 0.330 e. The number of nitrogens with zero attached hydrogens (tertiary/aromatic N) is 2. The Bertz CT molecular complexity index is 582. The van der Waals surface area contributed by atoms with Crippen LogP contribution in [-0.2, 0) is 22.9 Å². The van der Waals surface area contributed by atoms with Crippen molar-refractivity contribution in [3.05, 3.63) is 33.1 Å². The lowest BCUT2D eigenvalue weighted by atomic mass is 10.5. The number of hydrogen-bond donors (Lipinski definition) is 0. The molecule has 1 aromatic rings. The molecule has 0 saturated carbocycles. The third kappa shape index (κ3) is 3.06. The first-order valence-electron chi connectivity index (χ1n) is 4.83. The summed E-state index contributed by atoms with van der Waals surface area (Å²) in [5, 5.41) is 0. The maximum atomic E-state index is 11.7. The number of hydrogen-bond acceptors (Lipinski definition) is 4. The predicted octanol–water partition coefficient (Wildman–Crippen LogP) is -0.925. The van der Waals surface area contributed by atoms with Crippen molar-refractivity contribution in [1.29, 1.82) is 0 Å². The minimum atomic E-state index is -3.18. The van der Waals surface area contributed by atoms with Crippen LogP contribution in [-0.4, -0.2) is 29.6 Å². The molecule has 0 spiro atoms. The second-order valence-corrected chi connectivity index (χ2v) is 5.76. The van der Waals surface area contributed by atoms with Gasteiger partial charge in [0.2, 0.25) is 0 Å². The monoisotopic (exact) mass is 246 g/mol. The van der Waals surface area contributed by atoms with Crippen molar-refractivity contribution in [2.24, 2.45) is 0 Å². The molecule has 16 heavy (non-hydrogen) atoms. The number of aromatic nitrogens is 2. The van der Waals surface area contributed by atoms with Crippen molar-refractivity contribution in [1.82, 2.24) is 9.13 Å². The van der Waals surface area contributed by atoms with Gasteiger partial charge in [0.1, 0.15) is 9.84 Å². The first-order valence-corrected chi connectivity index (χ1v) is 6.89. The minimum absolute atomic E-state index is 0.0999. The van der Waals surface area contributed by atoms with Gasteiger partial charge in [-0.05, 0) is 6.92 Å². The van der Waals surface area contributed by atoms with E-state index in [0.717, 1.165) is 10.8 Å². The highest BCUT2D eigenvalue weighted by Crippen LogP contribution is 1.85. The van der Waals surface area contributed by atoms with Crippen molar-refractivity contribution in [2.75, 3.05) is 12.0 Å². The van der Waals surface area contributed by atoms with Crippen LogP contribution in [0.1, 0.15) is 6.92 Å². The van der Waals surface area contributed by atoms with E-state index >= 15 is 0 Å². The van der Waals surface area contributed by atoms with Crippen molar-refractivity contribution in [3.63, 3.8) is 0 Å². The largest absolute Gasteiger partial charge is 0.330 e. The van der Waals surface area contributed by atoms with E-state index in [9.17, 15) is 18.0 Å². The molecule has 1 heterocycles. The van der Waals surface area contributed by atoms with E-state index in [-0.39, 0.29) is 12.3 Å². The quantitative estimate of drug-likeness (QED) is 0.688. The minimum Gasteiger partial charge on any atom is -0.301 e. The summed E-state index contributed by atoms with van der Waals surface area (Å²) in [4.78, 5) is 23.0. The first kappa shape index (κ1) is 12.7. The van der Waals surface area contributed by atoms with Crippen LogP contribution >= 0.6 is 0 Å². The third-order valence-corrected chi connectivity index (χ3v) is 3.09. The van der Waals surface area contributed by atoms with Crippen LogP contribution in [0.3, 0.4) is 0 Å². The first-order chi connectivity index (χ1) is 7.35. The van der Waals surface area contributed by atoms with E-state index in [1.165, 1.54) is 16.8 Å². The highest BCUT2D eigenvalue weighted by Gasteiger charge is 2.07. The molecule has 0 bridgehead atoms. The summed E-state index contributed by atoms with van der Waals surface area (Å²) in [5.41, 5.74) is -0.947. The molecule has 0 unspecified atom stereocenters. The van der Waals surface area contributed by atoms with Crippen molar-refractivity contribution in [2.45, 2.75) is 20.0 Å². The Morgan fingerprint density at radius 3 is 2.44 bits per heavy atom. The Hall–Kier alpha value is -1.37. The van der Waals surface area contributed by atoms with Crippen LogP contribution < -0.4 is 11.2 Å². The molecular weight excluding hydrogens is 232 g/mol. The molecule has 0 saturated heterocycles. The Morgan fingerprint density at radius 1 is 1.31 bits per heavy atom. The lowest BCUT2D eigenvalue weighted by Crippen LogP contribution is -2.40. The molecule has 0 atom stereocenters. The van der Waals surface area contributed by atoms with Crippen LogP contribution in [0.2, 0.25) is 0 Å². The summed E-state index contributed by atoms with van der Waals surface area (Å²) in [7, 11) is -3.18. The van der Waals surface area contributed by atoms with Gasteiger partial charge in [-0.3, -0.25) is 9.36 Å². The van der Waals surface area contributed by atoms with Gasteiger partial charge in [0.05, 0.1) is 5.75 Å². The third-order valence-electron chi connectivity index (χ3n) is 2.17. The van der Waals surface area contributed by atoms with Gasteiger partial charge >= 0.3 is 5.69 Å². The molecule has 0 aliphatic carbocycles. The van der Waals surface area contributed by atoms with Crippen molar-refractivity contribution < 1.29 is 8.42 Å². The molecule has 0 N–H and O–H groups in total. The average molecular weight is 246 g/mol. The molecule has 90 valence electrons. The van der Waals surface area contributed by atoms with Gasteiger partial charge in [0.25, 0.3) is 5.56 Å². The Labute approximate surface area is 93.1 Å². The fraction of sp³-hybridized carbons (Fsp3) is 0.556. The molecule has 6 nitrogen and oxygen atoms in total. The average Bonchev–Trinajstić information content (AvgIpc) is 2.16. The number of sulfone groups is 1. The molecule has 0 aliphatic heterocycles. The van der Waals surface area contributed by atoms with E-state index in [1.54, 1.807) is 6.92 Å². The molecule has 7 heteroatoms. The summed E-state index contributed by atoms with van der Waals surface area (Å²) in [6, 6.07) is 1.26. The second-order valence-electron chi connectivity index (χ2n) is 3.50. The summed E-state index contributed by atoms with van der Waals surface area (Å²) in [6.07, 6.45) is 2.47. The van der Waals surface area contributed by atoms with E-state index in [4.69, 9.17) is 0 Å². The van der Waals surface area contributed by atoms with Gasteiger partial charge < -0.3 is 4.57 Å². The van der Waals surface area contributed by atoms with E-state index < -0.39 is 21.1 Å². The highest BCUT2D eigenvalue weighted by atomic mass is 32.2. The van der Waals surface area contributed by atoms with Gasteiger partial charge in [-0.15, -0.1) is 0 Å². The second kappa shape index (κ2) is 4.65. The molecule has 0 aromatic carbocycles. The molecular formula is C9H14N2O4S. The topological polar surface area (TPSA) is 78.1 Å². The number of rotatable bonds is 4. The van der Waals surface area contributed by atoms with Gasteiger partial charge in [0, 0.05) is 31.6 Å². The van der Waals surface area contributed by atoms with E-state index in [0.29, 0.717) is 6.54 Å². The van der Waals surface area contributed by atoms with Crippen LogP contribution in [0, 0.1) is 0 Å². The Balaban J connectivity index is 3.14. The summed E-state index contributed by atoms with van der Waals surface area (Å²) in [5.74, 6) is -0.212. The highest BCUT2D eigenvalue weighted by molar-refractivity contribution is 7.90. The standard InChI is InChI=1S/C9H14N2O4S/c1-3-10-5-4-8(12)11(9(10)13)6-7-16(2,14)15/h4-5H,3,6-7H2,1-2H3. The van der Waals surface area contributed by atoms with Crippen molar-refractivity contribution >= 4 is 9.84 Å². The fourth-order valence-corrected chi connectivity index (χ4v) is 1.77. The molecule has 1 rings (SSSR count). The summed E-state index contributed by atoms with van der Waals surface area (Å²) >= 11 is 0. The van der Waals surface area contributed by atoms with E-state index in [2.05, 4.69) is 0 Å².